The van der Waals surface area contributed by atoms with E-state index in [0.29, 0.717) is 11.3 Å². The van der Waals surface area contributed by atoms with Crippen LogP contribution >= 0.6 is 0 Å². The molecule has 9 nitrogen and oxygen atoms in total. The van der Waals surface area contributed by atoms with Crippen LogP contribution in [-0.2, 0) is 4.74 Å². The Morgan fingerprint density at radius 1 is 1.27 bits per heavy atom. The van der Waals surface area contributed by atoms with Gasteiger partial charge in [-0.15, -0.1) is 10.2 Å². The Morgan fingerprint density at radius 2 is 1.91 bits per heavy atom. The van der Waals surface area contributed by atoms with Gasteiger partial charge in [0.2, 0.25) is 17.9 Å². The molecule has 1 aromatic rings. The van der Waals surface area contributed by atoms with Crippen LogP contribution in [0, 0.1) is 11.3 Å². The zero-order chi connectivity index (χ0) is 16.5. The fraction of sp³-hybridized carbons (Fsp3) is 0.231. The van der Waals surface area contributed by atoms with Crippen LogP contribution in [0.5, 0.6) is 0 Å². The number of carbonyl (C=O) groups is 1. The normalized spacial score (nSPS) is 12.5. The van der Waals surface area contributed by atoms with Gasteiger partial charge in [-0.1, -0.05) is 0 Å². The number of guanidine groups is 1. The van der Waals surface area contributed by atoms with E-state index < -0.39 is 6.04 Å². The van der Waals surface area contributed by atoms with E-state index in [9.17, 15) is 4.79 Å². The van der Waals surface area contributed by atoms with Crippen molar-refractivity contribution in [3.8, 4) is 6.07 Å². The van der Waals surface area contributed by atoms with Crippen LogP contribution < -0.4 is 11.5 Å². The minimum absolute atomic E-state index is 0.0515. The van der Waals surface area contributed by atoms with Crippen molar-refractivity contribution in [3.63, 3.8) is 0 Å². The second kappa shape index (κ2) is 8.11. The number of ether oxygens (including phenoxy) is 1. The summed E-state index contributed by atoms with van der Waals surface area (Å²) in [5.74, 6) is -0.424. The summed E-state index contributed by atoms with van der Waals surface area (Å²) in [5, 5.41) is 23.7. The third-order valence-corrected chi connectivity index (χ3v) is 2.39. The van der Waals surface area contributed by atoms with E-state index in [-0.39, 0.29) is 17.6 Å². The topological polar surface area (TPSA) is 152 Å². The Labute approximate surface area is 127 Å². The lowest BCUT2D eigenvalue weighted by Gasteiger charge is -2.04. The average Bonchev–Trinajstić information content (AvgIpc) is 2.50. The highest BCUT2D eigenvalue weighted by Gasteiger charge is 2.15. The van der Waals surface area contributed by atoms with Gasteiger partial charge in [0.25, 0.3) is 0 Å². The summed E-state index contributed by atoms with van der Waals surface area (Å²) in [4.78, 5) is 11.2. The smallest absolute Gasteiger partial charge is 0.250 e. The quantitative estimate of drug-likeness (QED) is 0.274. The second-order valence-electron chi connectivity index (χ2n) is 4.02. The van der Waals surface area contributed by atoms with Crippen molar-refractivity contribution in [2.45, 2.75) is 13.0 Å². The maximum atomic E-state index is 11.2. The Kier molecular flexibility index (Phi) is 6.18. The number of benzene rings is 1. The molecule has 0 saturated heterocycles. The number of Topliss-reactive ketones (excluding diaryl/α,β-unsaturated/α-hetero) is 1. The third-order valence-electron chi connectivity index (χ3n) is 2.39. The van der Waals surface area contributed by atoms with Gasteiger partial charge in [0.05, 0.1) is 12.8 Å². The highest BCUT2D eigenvalue weighted by atomic mass is 16.5. The highest BCUT2D eigenvalue weighted by molar-refractivity contribution is 5.94. The zero-order valence-electron chi connectivity index (χ0n) is 12.1. The van der Waals surface area contributed by atoms with Crippen LogP contribution in [0.4, 0.5) is 5.69 Å². The van der Waals surface area contributed by atoms with Gasteiger partial charge >= 0.3 is 0 Å². The molecule has 0 aliphatic carbocycles. The molecule has 0 radical (unpaired) electrons. The van der Waals surface area contributed by atoms with Crippen LogP contribution in [0.3, 0.4) is 0 Å². The first kappa shape index (κ1) is 16.8. The van der Waals surface area contributed by atoms with Crippen LogP contribution in [0.25, 0.3) is 0 Å². The average molecular weight is 301 g/mol. The van der Waals surface area contributed by atoms with E-state index >= 15 is 0 Å². The summed E-state index contributed by atoms with van der Waals surface area (Å²) in [7, 11) is 1.31. The fourth-order valence-electron chi connectivity index (χ4n) is 1.33. The van der Waals surface area contributed by atoms with Crippen LogP contribution in [0.2, 0.25) is 0 Å². The van der Waals surface area contributed by atoms with Crippen molar-refractivity contribution < 1.29 is 9.53 Å². The maximum Gasteiger partial charge on any atom is 0.250 e. The number of nitriles is 1. The van der Waals surface area contributed by atoms with Gasteiger partial charge in [0.15, 0.2) is 5.78 Å². The number of rotatable bonds is 5. The SMILES string of the molecule is CO/C(=N\N=C(N)N)C(C#N)N=Nc1ccc(C(C)=O)cc1. The zero-order valence-corrected chi connectivity index (χ0v) is 12.1. The first-order chi connectivity index (χ1) is 10.5. The number of hydrogen-bond acceptors (Lipinski definition) is 7. The minimum atomic E-state index is -1.10. The molecule has 0 saturated carbocycles. The predicted octanol–water partition coefficient (Wildman–Crippen LogP) is 1.10. The van der Waals surface area contributed by atoms with Crippen LogP contribution in [-0.4, -0.2) is 30.8 Å². The number of azo groups is 1. The lowest BCUT2D eigenvalue weighted by Crippen LogP contribution is -2.23. The van der Waals surface area contributed by atoms with Crippen molar-refractivity contribution >= 4 is 23.3 Å². The van der Waals surface area contributed by atoms with Gasteiger partial charge in [0, 0.05) is 5.56 Å². The van der Waals surface area contributed by atoms with Crippen molar-refractivity contribution in [1.29, 1.82) is 5.26 Å². The second-order valence-corrected chi connectivity index (χ2v) is 4.02. The van der Waals surface area contributed by atoms with E-state index in [1.807, 2.05) is 6.07 Å². The molecule has 0 aromatic heterocycles. The maximum absolute atomic E-state index is 11.2. The van der Waals surface area contributed by atoms with E-state index in [4.69, 9.17) is 21.5 Å². The Morgan fingerprint density at radius 3 is 2.36 bits per heavy atom. The fourth-order valence-corrected chi connectivity index (χ4v) is 1.33. The first-order valence-electron chi connectivity index (χ1n) is 6.10. The highest BCUT2D eigenvalue weighted by Crippen LogP contribution is 2.15. The number of carbonyl (C=O) groups excluding carboxylic acids is 1. The predicted molar refractivity (Wildman–Crippen MR) is 80.6 cm³/mol. The third kappa shape index (κ3) is 5.01. The van der Waals surface area contributed by atoms with Gasteiger partial charge in [-0.2, -0.15) is 15.5 Å². The molecule has 1 atom stereocenters. The monoisotopic (exact) mass is 301 g/mol. The Balaban J connectivity index is 2.93. The molecule has 1 aromatic carbocycles. The van der Waals surface area contributed by atoms with Gasteiger partial charge < -0.3 is 16.2 Å². The van der Waals surface area contributed by atoms with Crippen LogP contribution in [0.1, 0.15) is 17.3 Å². The molecule has 0 heterocycles. The molecule has 9 heteroatoms. The number of nitrogens with zero attached hydrogens (tertiary/aromatic N) is 5. The molecule has 0 aliphatic rings. The molecule has 114 valence electrons. The Hall–Kier alpha value is -3.28. The van der Waals surface area contributed by atoms with Crippen molar-refractivity contribution in [2.75, 3.05) is 7.11 Å². The van der Waals surface area contributed by atoms with Gasteiger partial charge in [-0.3, -0.25) is 4.79 Å². The summed E-state index contributed by atoms with van der Waals surface area (Å²) in [6.07, 6.45) is 0. The van der Waals surface area contributed by atoms with E-state index in [0.717, 1.165) is 0 Å². The summed E-state index contributed by atoms with van der Waals surface area (Å²) >= 11 is 0. The minimum Gasteiger partial charge on any atom is -0.481 e. The van der Waals surface area contributed by atoms with Crippen molar-refractivity contribution in [2.24, 2.45) is 31.9 Å². The van der Waals surface area contributed by atoms with Crippen molar-refractivity contribution in [1.82, 2.24) is 0 Å². The number of ketones is 1. The molecular weight excluding hydrogens is 286 g/mol. The van der Waals surface area contributed by atoms with Crippen LogP contribution in [0.15, 0.2) is 44.7 Å². The largest absolute Gasteiger partial charge is 0.481 e. The van der Waals surface area contributed by atoms with Gasteiger partial charge in [0.1, 0.15) is 6.07 Å². The van der Waals surface area contributed by atoms with Crippen molar-refractivity contribution in [3.05, 3.63) is 29.8 Å². The van der Waals surface area contributed by atoms with E-state index in [2.05, 4.69) is 20.4 Å². The van der Waals surface area contributed by atoms with E-state index in [1.54, 1.807) is 24.3 Å². The molecular formula is C13H15N7O2. The van der Waals surface area contributed by atoms with E-state index in [1.165, 1.54) is 14.0 Å². The lowest BCUT2D eigenvalue weighted by molar-refractivity contribution is 0.101. The molecule has 1 rings (SSSR count). The number of nitrogens with two attached hydrogens (primary N) is 2. The first-order valence-corrected chi connectivity index (χ1v) is 6.10. The molecule has 0 aliphatic heterocycles. The number of methoxy groups -OCH3 is 1. The van der Waals surface area contributed by atoms with Gasteiger partial charge in [-0.05, 0) is 31.2 Å². The summed E-state index contributed by atoms with van der Waals surface area (Å²) in [6, 6.07) is 7.20. The molecule has 1 unspecified atom stereocenters. The summed E-state index contributed by atoms with van der Waals surface area (Å²) in [6.45, 7) is 1.47. The Bertz CT molecular complexity index is 652. The molecule has 0 fully saturated rings. The molecule has 0 amide bonds. The molecule has 4 N–H and O–H groups in total. The molecule has 0 spiro atoms. The molecule has 22 heavy (non-hydrogen) atoms. The lowest BCUT2D eigenvalue weighted by atomic mass is 10.1. The summed E-state index contributed by atoms with van der Waals surface area (Å²) < 4.78 is 4.90. The number of hydrogen-bond donors (Lipinski definition) is 2. The summed E-state index contributed by atoms with van der Waals surface area (Å²) in [5.41, 5.74) is 11.3. The standard InChI is InChI=1S/C13H15N7O2/c1-8(21)9-3-5-10(6-4-9)17-18-11(7-14)12(22-2)19-20-13(15)16/h3-6,11H,1-2H3,(H4,15,16,20)/b18-17?,19-12-. The molecule has 0 bridgehead atoms. The van der Waals surface area contributed by atoms with Gasteiger partial charge in [-0.25, -0.2) is 0 Å².